The summed E-state index contributed by atoms with van der Waals surface area (Å²) in [6.07, 6.45) is 9.89. The quantitative estimate of drug-likeness (QED) is 0.444. The van der Waals surface area contributed by atoms with Crippen molar-refractivity contribution < 1.29 is 4.65 Å². The van der Waals surface area contributed by atoms with Crippen molar-refractivity contribution >= 4 is 0 Å². The third-order valence-electron chi connectivity index (χ3n) is 5.21. The number of hydrogen-bond acceptors (Lipinski definition) is 1. The molecule has 0 bridgehead atoms. The molecule has 3 aliphatic rings. The molecule has 3 fully saturated rings. The van der Waals surface area contributed by atoms with Crippen LogP contribution < -0.4 is 0 Å². The maximum Gasteiger partial charge on any atom is 0.0894 e. The third kappa shape index (κ3) is 1.38. The van der Waals surface area contributed by atoms with E-state index in [2.05, 4.69) is 6.92 Å². The zero-order valence-electron chi connectivity index (χ0n) is 9.82. The molecule has 3 heterocycles. The standard InChI is InChI=1S/C13H23NO/c1-10-8-12-6-2-4-11-5-3-7-13(9-10)14(11,12)15/h10-13H,2-9H2,1H3/t10?,11?,12-,13+,14?. The topological polar surface area (TPSA) is 23.1 Å². The molecule has 0 amide bonds. The van der Waals surface area contributed by atoms with Crippen molar-refractivity contribution in [1.82, 2.24) is 0 Å². The summed E-state index contributed by atoms with van der Waals surface area (Å²) in [7, 11) is 0. The number of hydroxylamine groups is 3. The smallest absolute Gasteiger partial charge is 0.0894 e. The van der Waals surface area contributed by atoms with Gasteiger partial charge in [-0.05, 0) is 44.4 Å². The summed E-state index contributed by atoms with van der Waals surface area (Å²) in [4.78, 5) is 0. The van der Waals surface area contributed by atoms with Crippen LogP contribution in [-0.2, 0) is 0 Å². The van der Waals surface area contributed by atoms with Gasteiger partial charge in [0.2, 0.25) is 0 Å². The fourth-order valence-corrected chi connectivity index (χ4v) is 4.61. The average Bonchev–Trinajstić information content (AvgIpc) is 2.19. The van der Waals surface area contributed by atoms with Gasteiger partial charge in [0, 0.05) is 12.8 Å². The molecule has 2 heteroatoms. The summed E-state index contributed by atoms with van der Waals surface area (Å²) in [5, 5.41) is 13.1. The van der Waals surface area contributed by atoms with Gasteiger partial charge in [0.1, 0.15) is 0 Å². The van der Waals surface area contributed by atoms with E-state index in [4.69, 9.17) is 0 Å². The molecule has 0 aromatic carbocycles. The number of rotatable bonds is 0. The molecule has 0 aromatic heterocycles. The fraction of sp³-hybridized carbons (Fsp3) is 1.00. The van der Waals surface area contributed by atoms with Crippen LogP contribution in [0.5, 0.6) is 0 Å². The summed E-state index contributed by atoms with van der Waals surface area (Å²) < 4.78 is 0.240. The first-order chi connectivity index (χ1) is 7.21. The third-order valence-corrected chi connectivity index (χ3v) is 5.21. The Morgan fingerprint density at radius 2 is 1.33 bits per heavy atom. The lowest BCUT2D eigenvalue weighted by molar-refractivity contribution is -0.968. The SMILES string of the molecule is CC1C[C@H]2CCCC3CCC[C@@H](C1)[N+]32[O-]. The second-order valence-corrected chi connectivity index (χ2v) is 6.16. The predicted octanol–water partition coefficient (Wildman–Crippen LogP) is 3.20. The summed E-state index contributed by atoms with van der Waals surface area (Å²) >= 11 is 0. The molecule has 86 valence electrons. The molecule has 3 aliphatic heterocycles. The van der Waals surface area contributed by atoms with Gasteiger partial charge in [0.25, 0.3) is 0 Å². The van der Waals surface area contributed by atoms with Gasteiger partial charge in [-0.3, -0.25) is 0 Å². The molecule has 3 rings (SSSR count). The molecule has 3 saturated heterocycles. The first-order valence-electron chi connectivity index (χ1n) is 6.80. The lowest BCUT2D eigenvalue weighted by Gasteiger charge is -2.65. The lowest BCUT2D eigenvalue weighted by Crippen LogP contribution is -2.68. The summed E-state index contributed by atoms with van der Waals surface area (Å²) in [6, 6.07) is 1.42. The molecule has 5 atom stereocenters. The lowest BCUT2D eigenvalue weighted by atomic mass is 9.75. The normalized spacial score (nSPS) is 54.8. The molecular weight excluding hydrogens is 186 g/mol. The summed E-state index contributed by atoms with van der Waals surface area (Å²) in [5.74, 6) is 0.803. The van der Waals surface area contributed by atoms with Crippen molar-refractivity contribution in [3.63, 3.8) is 0 Å². The van der Waals surface area contributed by atoms with Crippen LogP contribution in [0, 0.1) is 11.1 Å². The highest BCUT2D eigenvalue weighted by Crippen LogP contribution is 2.47. The van der Waals surface area contributed by atoms with Crippen LogP contribution in [0.2, 0.25) is 0 Å². The fourth-order valence-electron chi connectivity index (χ4n) is 4.61. The zero-order valence-corrected chi connectivity index (χ0v) is 9.82. The van der Waals surface area contributed by atoms with Gasteiger partial charge in [-0.25, -0.2) is 0 Å². The van der Waals surface area contributed by atoms with E-state index in [1.807, 2.05) is 0 Å². The van der Waals surface area contributed by atoms with Crippen LogP contribution in [0.25, 0.3) is 0 Å². The van der Waals surface area contributed by atoms with Gasteiger partial charge in [-0.15, -0.1) is 0 Å². The first kappa shape index (κ1) is 10.1. The van der Waals surface area contributed by atoms with Crippen LogP contribution in [0.3, 0.4) is 0 Å². The van der Waals surface area contributed by atoms with Gasteiger partial charge in [-0.2, -0.15) is 0 Å². The van der Waals surface area contributed by atoms with Crippen LogP contribution >= 0.6 is 0 Å². The predicted molar refractivity (Wildman–Crippen MR) is 61.1 cm³/mol. The Kier molecular flexibility index (Phi) is 2.33. The Bertz CT molecular complexity index is 233. The highest BCUT2D eigenvalue weighted by atomic mass is 16.6. The van der Waals surface area contributed by atoms with Crippen molar-refractivity contribution in [1.29, 1.82) is 0 Å². The Morgan fingerprint density at radius 1 is 0.867 bits per heavy atom. The Hall–Kier alpha value is -0.0800. The molecule has 0 spiro atoms. The van der Waals surface area contributed by atoms with Crippen LogP contribution in [0.15, 0.2) is 0 Å². The zero-order chi connectivity index (χ0) is 10.5. The van der Waals surface area contributed by atoms with Crippen molar-refractivity contribution in [3.8, 4) is 0 Å². The number of quaternary nitrogens is 1. The van der Waals surface area contributed by atoms with Gasteiger partial charge in [0.15, 0.2) is 0 Å². The van der Waals surface area contributed by atoms with Crippen LogP contribution in [0.1, 0.15) is 58.3 Å². The molecule has 0 aromatic rings. The Balaban J connectivity index is 1.92. The second-order valence-electron chi connectivity index (χ2n) is 6.16. The Labute approximate surface area is 92.8 Å². The van der Waals surface area contributed by atoms with Gasteiger partial charge >= 0.3 is 0 Å². The maximum atomic E-state index is 13.1. The Morgan fingerprint density at radius 3 is 1.87 bits per heavy atom. The summed E-state index contributed by atoms with van der Waals surface area (Å²) in [6.45, 7) is 2.35. The van der Waals surface area contributed by atoms with E-state index in [9.17, 15) is 5.21 Å². The molecule has 3 unspecified atom stereocenters. The van der Waals surface area contributed by atoms with Crippen molar-refractivity contribution in [3.05, 3.63) is 5.21 Å². The molecule has 0 aliphatic carbocycles. The molecule has 0 saturated carbocycles. The second kappa shape index (κ2) is 3.46. The van der Waals surface area contributed by atoms with Crippen molar-refractivity contribution in [2.75, 3.05) is 0 Å². The number of nitrogens with zero attached hydrogens (tertiary/aromatic N) is 1. The minimum atomic E-state index is 0.240. The van der Waals surface area contributed by atoms with Crippen LogP contribution in [0.4, 0.5) is 0 Å². The minimum Gasteiger partial charge on any atom is -0.632 e. The van der Waals surface area contributed by atoms with Crippen molar-refractivity contribution in [2.24, 2.45) is 5.92 Å². The largest absolute Gasteiger partial charge is 0.632 e. The van der Waals surface area contributed by atoms with E-state index in [-0.39, 0.29) is 4.65 Å². The monoisotopic (exact) mass is 209 g/mol. The van der Waals surface area contributed by atoms with Gasteiger partial charge in [-0.1, -0.05) is 6.92 Å². The number of hydrogen-bond donors (Lipinski definition) is 0. The van der Waals surface area contributed by atoms with Crippen LogP contribution in [-0.4, -0.2) is 22.8 Å². The van der Waals surface area contributed by atoms with E-state index in [1.54, 1.807) is 0 Å². The molecule has 0 radical (unpaired) electrons. The molecule has 0 N–H and O–H groups in total. The summed E-state index contributed by atoms with van der Waals surface area (Å²) in [5.41, 5.74) is 0. The highest BCUT2D eigenvalue weighted by molar-refractivity contribution is 4.87. The van der Waals surface area contributed by atoms with E-state index in [0.717, 1.165) is 5.92 Å². The first-order valence-corrected chi connectivity index (χ1v) is 6.80. The van der Waals surface area contributed by atoms with E-state index in [1.165, 1.54) is 51.4 Å². The van der Waals surface area contributed by atoms with E-state index in [0.29, 0.717) is 18.1 Å². The van der Waals surface area contributed by atoms with Crippen molar-refractivity contribution in [2.45, 2.75) is 76.4 Å². The molecule has 2 nitrogen and oxygen atoms in total. The van der Waals surface area contributed by atoms with E-state index < -0.39 is 0 Å². The average molecular weight is 209 g/mol. The van der Waals surface area contributed by atoms with Gasteiger partial charge < -0.3 is 9.85 Å². The molecular formula is C13H23NO. The minimum absolute atomic E-state index is 0.240. The highest BCUT2D eigenvalue weighted by Gasteiger charge is 2.50. The number of piperidine rings is 3. The van der Waals surface area contributed by atoms with E-state index >= 15 is 0 Å². The van der Waals surface area contributed by atoms with Gasteiger partial charge in [0.05, 0.1) is 18.1 Å². The molecule has 15 heavy (non-hydrogen) atoms. The maximum absolute atomic E-state index is 13.1.